The molecule has 5 N–H and O–H groups in total. The molecule has 0 aliphatic heterocycles. The van der Waals surface area contributed by atoms with Crippen LogP contribution in [0.4, 0.5) is 11.8 Å². The van der Waals surface area contributed by atoms with Crippen LogP contribution in [0.3, 0.4) is 0 Å². The average Bonchev–Trinajstić information content (AvgIpc) is 2.93. The van der Waals surface area contributed by atoms with Crippen LogP contribution < -0.4 is 27.1 Å². The van der Waals surface area contributed by atoms with Crippen molar-refractivity contribution in [1.82, 2.24) is 24.5 Å². The number of amides is 1. The van der Waals surface area contributed by atoms with Gasteiger partial charge in [0.25, 0.3) is 11.5 Å². The minimum atomic E-state index is -0.718. The monoisotopic (exact) mass is 508 g/mol. The zero-order chi connectivity index (χ0) is 26.8. The number of nitrogens with one attached hydrogen (secondary N) is 1. The van der Waals surface area contributed by atoms with Crippen molar-refractivity contribution in [2.75, 3.05) is 18.2 Å². The first kappa shape index (κ1) is 24.4. The van der Waals surface area contributed by atoms with Crippen molar-refractivity contribution in [3.8, 4) is 22.7 Å². The zero-order valence-corrected chi connectivity index (χ0v) is 20.6. The molecule has 1 atom stereocenters. The number of hydrogen-bond acceptors (Lipinski definition) is 9. The first-order chi connectivity index (χ1) is 18.4. The Kier molecular flexibility index (Phi) is 6.40. The number of carbonyl (C=O) groups excluding carboxylic acids is 1. The van der Waals surface area contributed by atoms with E-state index in [2.05, 4.69) is 20.3 Å². The Morgan fingerprint density at radius 3 is 2.58 bits per heavy atom. The Balaban J connectivity index is 1.74. The van der Waals surface area contributed by atoms with Crippen molar-refractivity contribution in [3.05, 3.63) is 94.8 Å². The van der Waals surface area contributed by atoms with Gasteiger partial charge in [-0.15, -0.1) is 0 Å². The van der Waals surface area contributed by atoms with Gasteiger partial charge in [-0.2, -0.15) is 4.98 Å². The number of methoxy groups -OCH3 is 1. The van der Waals surface area contributed by atoms with Gasteiger partial charge in [0.2, 0.25) is 11.8 Å². The molecule has 0 fully saturated rings. The molecular weight excluding hydrogens is 484 g/mol. The van der Waals surface area contributed by atoms with E-state index < -0.39 is 11.9 Å². The number of aromatic nitrogens is 5. The molecule has 0 bridgehead atoms. The van der Waals surface area contributed by atoms with Gasteiger partial charge in [-0.25, -0.2) is 15.0 Å². The number of hydrogen-bond donors (Lipinski definition) is 3. The first-order valence-electron chi connectivity index (χ1n) is 11.7. The number of nitrogens with zero attached hydrogens (tertiary/aromatic N) is 5. The minimum absolute atomic E-state index is 0.0333. The van der Waals surface area contributed by atoms with E-state index in [-0.39, 0.29) is 22.9 Å². The van der Waals surface area contributed by atoms with Crippen molar-refractivity contribution in [2.24, 2.45) is 5.73 Å². The normalized spacial score (nSPS) is 11.7. The van der Waals surface area contributed by atoms with E-state index in [4.69, 9.17) is 21.2 Å². The number of carbonyl (C=O) groups is 1. The number of fused-ring (bicyclic) bond motifs is 1. The maximum absolute atomic E-state index is 14.2. The van der Waals surface area contributed by atoms with E-state index >= 15 is 0 Å². The Labute approximate surface area is 217 Å². The summed E-state index contributed by atoms with van der Waals surface area (Å²) in [7, 11) is 1.54. The maximum atomic E-state index is 14.2. The van der Waals surface area contributed by atoms with E-state index in [0.717, 1.165) is 5.56 Å². The summed E-state index contributed by atoms with van der Waals surface area (Å²) < 4.78 is 6.82. The largest absolute Gasteiger partial charge is 0.481 e. The summed E-state index contributed by atoms with van der Waals surface area (Å²) in [5, 5.41) is 3.57. The molecule has 11 nitrogen and oxygen atoms in total. The number of nitrogen functional groups attached to an aromatic ring is 1. The molecule has 5 rings (SSSR count). The molecule has 0 spiro atoms. The number of pyridine rings is 1. The van der Waals surface area contributed by atoms with E-state index in [1.807, 2.05) is 48.5 Å². The molecule has 5 aromatic rings. The summed E-state index contributed by atoms with van der Waals surface area (Å²) >= 11 is 0. The summed E-state index contributed by atoms with van der Waals surface area (Å²) in [5.74, 6) is 0.215. The molecule has 0 aliphatic rings. The third-order valence-corrected chi connectivity index (χ3v) is 6.01. The zero-order valence-electron chi connectivity index (χ0n) is 20.6. The average molecular weight is 509 g/mol. The fourth-order valence-electron chi connectivity index (χ4n) is 4.25. The van der Waals surface area contributed by atoms with Crippen LogP contribution >= 0.6 is 0 Å². The van der Waals surface area contributed by atoms with E-state index in [0.29, 0.717) is 33.9 Å². The molecular formula is C27H24N8O3. The van der Waals surface area contributed by atoms with E-state index in [1.54, 1.807) is 25.3 Å². The lowest BCUT2D eigenvalue weighted by Crippen LogP contribution is -2.28. The summed E-state index contributed by atoms with van der Waals surface area (Å²) in [4.78, 5) is 43.2. The summed E-state index contributed by atoms with van der Waals surface area (Å²) in [6.45, 7) is 1.80. The van der Waals surface area contributed by atoms with Gasteiger partial charge in [-0.1, -0.05) is 30.3 Å². The Morgan fingerprint density at radius 1 is 1.05 bits per heavy atom. The van der Waals surface area contributed by atoms with Crippen LogP contribution in [0.15, 0.2) is 77.9 Å². The molecule has 11 heteroatoms. The van der Waals surface area contributed by atoms with Gasteiger partial charge >= 0.3 is 0 Å². The molecule has 1 unspecified atom stereocenters. The van der Waals surface area contributed by atoms with Crippen LogP contribution in [0.1, 0.15) is 29.1 Å². The number of para-hydroxylation sites is 1. The van der Waals surface area contributed by atoms with Crippen LogP contribution in [0, 0.1) is 0 Å². The lowest BCUT2D eigenvalue weighted by atomic mass is 10.0. The van der Waals surface area contributed by atoms with Gasteiger partial charge < -0.3 is 21.5 Å². The third-order valence-electron chi connectivity index (χ3n) is 6.01. The van der Waals surface area contributed by atoms with Gasteiger partial charge in [0, 0.05) is 18.5 Å². The predicted molar refractivity (Wildman–Crippen MR) is 144 cm³/mol. The Bertz CT molecular complexity index is 1720. The molecule has 1 amide bonds. The second kappa shape index (κ2) is 9.97. The van der Waals surface area contributed by atoms with Gasteiger partial charge in [-0.05, 0) is 42.3 Å². The maximum Gasteiger partial charge on any atom is 0.266 e. The number of nitrogens with two attached hydrogens (primary N) is 2. The van der Waals surface area contributed by atoms with Crippen molar-refractivity contribution in [1.29, 1.82) is 0 Å². The summed E-state index contributed by atoms with van der Waals surface area (Å²) in [5.41, 5.74) is 13.6. The second-order valence-electron chi connectivity index (χ2n) is 8.45. The number of anilines is 2. The quantitative estimate of drug-likeness (QED) is 0.300. The number of rotatable bonds is 7. The molecule has 190 valence electrons. The van der Waals surface area contributed by atoms with Crippen LogP contribution in [0.2, 0.25) is 0 Å². The first-order valence-corrected chi connectivity index (χ1v) is 11.7. The lowest BCUT2D eigenvalue weighted by molar-refractivity contribution is 0.100. The van der Waals surface area contributed by atoms with Gasteiger partial charge in [0.05, 0.1) is 35.3 Å². The fourth-order valence-corrected chi connectivity index (χ4v) is 4.25. The van der Waals surface area contributed by atoms with Crippen LogP contribution in [-0.2, 0) is 0 Å². The fraction of sp³-hybridized carbons (Fsp3) is 0.111. The van der Waals surface area contributed by atoms with Crippen LogP contribution in [-0.4, -0.2) is 37.5 Å². The van der Waals surface area contributed by atoms with Crippen molar-refractivity contribution in [3.63, 3.8) is 0 Å². The van der Waals surface area contributed by atoms with Crippen LogP contribution in [0.25, 0.3) is 27.7 Å². The Morgan fingerprint density at radius 2 is 1.84 bits per heavy atom. The highest BCUT2D eigenvalue weighted by Gasteiger charge is 2.22. The molecule has 3 heterocycles. The van der Waals surface area contributed by atoms with Crippen molar-refractivity contribution < 1.29 is 9.53 Å². The van der Waals surface area contributed by atoms with Crippen LogP contribution in [0.5, 0.6) is 5.88 Å². The van der Waals surface area contributed by atoms with E-state index in [1.165, 1.54) is 17.9 Å². The molecule has 38 heavy (non-hydrogen) atoms. The molecule has 0 saturated carbocycles. The standard InChI is InChI=1S/C27H24N8O3/c1-15(32-24-19(23(28)36)14-31-27(29)34-24)25-33-20-10-6-9-18(16-11-12-30-21(13-16)38-2)22(20)26(37)35(25)17-7-4-3-5-8-17/h3-15H,1-2H3,(H2,28,36)(H3,29,31,32,34). The number of primary amides is 1. The summed E-state index contributed by atoms with van der Waals surface area (Å²) in [6, 6.07) is 17.6. The third kappa shape index (κ3) is 4.48. The number of ether oxygens (including phenoxy) is 1. The lowest BCUT2D eigenvalue weighted by Gasteiger charge is -2.21. The van der Waals surface area contributed by atoms with Gasteiger partial charge in [0.15, 0.2) is 0 Å². The molecule has 0 saturated heterocycles. The topological polar surface area (TPSA) is 164 Å². The Hall–Kier alpha value is -5.32. The number of benzene rings is 2. The SMILES string of the molecule is COc1cc(-c2cccc3nc(C(C)Nc4nc(N)ncc4C(N)=O)n(-c4ccccc4)c(=O)c23)ccn1. The predicted octanol–water partition coefficient (Wildman–Crippen LogP) is 3.10. The molecule has 2 aromatic carbocycles. The highest BCUT2D eigenvalue weighted by atomic mass is 16.5. The molecule has 0 radical (unpaired) electrons. The van der Waals surface area contributed by atoms with Crippen molar-refractivity contribution >= 4 is 28.6 Å². The van der Waals surface area contributed by atoms with Gasteiger partial charge in [0.1, 0.15) is 11.6 Å². The highest BCUT2D eigenvalue weighted by Crippen LogP contribution is 2.29. The van der Waals surface area contributed by atoms with Crippen molar-refractivity contribution in [2.45, 2.75) is 13.0 Å². The summed E-state index contributed by atoms with van der Waals surface area (Å²) in [6.07, 6.45) is 2.88. The minimum Gasteiger partial charge on any atom is -0.481 e. The molecule has 0 aliphatic carbocycles. The highest BCUT2D eigenvalue weighted by molar-refractivity contribution is 5.97. The van der Waals surface area contributed by atoms with E-state index in [9.17, 15) is 9.59 Å². The molecule has 3 aromatic heterocycles. The van der Waals surface area contributed by atoms with Gasteiger partial charge in [-0.3, -0.25) is 14.2 Å². The second-order valence-corrected chi connectivity index (χ2v) is 8.45. The smallest absolute Gasteiger partial charge is 0.266 e.